The van der Waals surface area contributed by atoms with Crippen LogP contribution in [0, 0.1) is 10.8 Å². The third-order valence-electron chi connectivity index (χ3n) is 11.2. The summed E-state index contributed by atoms with van der Waals surface area (Å²) in [5, 5.41) is 21.5. The molecular formula is C48H56N8O13S. The summed E-state index contributed by atoms with van der Waals surface area (Å²) in [5.74, 6) is -0.441. The number of hydrogen-bond donors (Lipinski definition) is 4. The van der Waals surface area contributed by atoms with Gasteiger partial charge in [-0.25, -0.2) is 9.59 Å². The van der Waals surface area contributed by atoms with Gasteiger partial charge in [0.1, 0.15) is 42.0 Å². The number of piperazine rings is 1. The van der Waals surface area contributed by atoms with Crippen LogP contribution in [-0.2, 0) is 33.3 Å². The van der Waals surface area contributed by atoms with Gasteiger partial charge in [-0.15, -0.1) is 0 Å². The van der Waals surface area contributed by atoms with E-state index in [0.29, 0.717) is 77.8 Å². The van der Waals surface area contributed by atoms with Gasteiger partial charge in [0.25, 0.3) is 21.9 Å². The number of esters is 1. The van der Waals surface area contributed by atoms with Crippen LogP contribution in [-0.4, -0.2) is 158 Å². The molecule has 21 nitrogen and oxygen atoms in total. The predicted molar refractivity (Wildman–Crippen MR) is 258 cm³/mol. The number of nitrogens with one attached hydrogen (secondary N) is 4. The molecule has 3 aliphatic heterocycles. The summed E-state index contributed by atoms with van der Waals surface area (Å²) >= 11 is 0. The molecule has 4 amide bonds. The zero-order chi connectivity index (χ0) is 50.4. The Hall–Kier alpha value is -7.40. The molecule has 3 fully saturated rings. The van der Waals surface area contributed by atoms with Crippen LogP contribution in [0.4, 0.5) is 21.0 Å². The maximum absolute atomic E-state index is 12.6. The number of anilines is 2. The summed E-state index contributed by atoms with van der Waals surface area (Å²) in [4.78, 5) is 68.7. The number of nitrogens with zero attached hydrogens (tertiary/aromatic N) is 4. The fourth-order valence-corrected chi connectivity index (χ4v) is 8.00. The predicted octanol–water partition coefficient (Wildman–Crippen LogP) is 4.10. The van der Waals surface area contributed by atoms with Crippen molar-refractivity contribution < 1.29 is 60.3 Å². The molecule has 0 aromatic heterocycles. The quantitative estimate of drug-likeness (QED) is 0.0382. The molecule has 4 N–H and O–H groups in total. The highest BCUT2D eigenvalue weighted by Gasteiger charge is 2.35. The van der Waals surface area contributed by atoms with Gasteiger partial charge in [-0.2, -0.15) is 8.42 Å². The van der Waals surface area contributed by atoms with E-state index >= 15 is 0 Å². The lowest BCUT2D eigenvalue weighted by atomic mass is 10.1. The molecule has 2 atom stereocenters. The first-order chi connectivity index (χ1) is 33.5. The molecule has 3 saturated heterocycles. The second-order valence-electron chi connectivity index (χ2n) is 16.1. The van der Waals surface area contributed by atoms with Gasteiger partial charge in [0.15, 0.2) is 0 Å². The second kappa shape index (κ2) is 24.2. The number of carbonyl (C=O) groups excluding carboxylic acids is 5. The third-order valence-corrected chi connectivity index (χ3v) is 11.8. The smallest absolute Gasteiger partial charge is 0.414 e. The average Bonchev–Trinajstić information content (AvgIpc) is 3.93. The molecule has 22 heteroatoms. The van der Waals surface area contributed by atoms with Crippen molar-refractivity contribution in [3.63, 3.8) is 0 Å². The minimum absolute atomic E-state index is 0.0549. The lowest BCUT2D eigenvalue weighted by molar-refractivity contribution is -0.143. The molecule has 3 heterocycles. The SMILES string of the molecule is CCOC(=O)CCN1CCN(CC2CN(c3ccc(C(=N)NC(=O)c4ccccc4OC)cc3)C(=O)O2)CC1.COc1ccccc1C(=O)NC(=N)c1ccc(N2CC(COS(C)(=O)=O)OC2=O)cc1. The third kappa shape index (κ3) is 14.3. The number of amides is 4. The Balaban J connectivity index is 0.000000236. The molecule has 70 heavy (non-hydrogen) atoms. The average molecular weight is 985 g/mol. The lowest BCUT2D eigenvalue weighted by Crippen LogP contribution is -2.49. The molecule has 7 rings (SSSR count). The highest BCUT2D eigenvalue weighted by Crippen LogP contribution is 2.25. The monoisotopic (exact) mass is 984 g/mol. The van der Waals surface area contributed by atoms with E-state index in [1.54, 1.807) is 102 Å². The van der Waals surface area contributed by atoms with Crippen molar-refractivity contribution >= 4 is 63.1 Å². The highest BCUT2D eigenvalue weighted by molar-refractivity contribution is 7.86. The van der Waals surface area contributed by atoms with Crippen LogP contribution in [0.15, 0.2) is 97.1 Å². The number of amidine groups is 2. The minimum Gasteiger partial charge on any atom is -0.496 e. The van der Waals surface area contributed by atoms with Crippen LogP contribution in [0.3, 0.4) is 0 Å². The molecule has 2 unspecified atom stereocenters. The van der Waals surface area contributed by atoms with E-state index < -0.39 is 40.2 Å². The second-order valence-corrected chi connectivity index (χ2v) is 17.7. The summed E-state index contributed by atoms with van der Waals surface area (Å²) in [7, 11) is -0.694. The van der Waals surface area contributed by atoms with Crippen LogP contribution in [0.5, 0.6) is 11.5 Å². The van der Waals surface area contributed by atoms with Crippen molar-refractivity contribution in [1.29, 1.82) is 10.8 Å². The first kappa shape index (κ1) is 52.0. The number of benzene rings is 4. The van der Waals surface area contributed by atoms with E-state index in [1.165, 1.54) is 19.1 Å². The number of carbonyl (C=O) groups is 5. The largest absolute Gasteiger partial charge is 0.496 e. The number of hydrogen-bond acceptors (Lipinski definition) is 17. The van der Waals surface area contributed by atoms with E-state index in [9.17, 15) is 32.4 Å². The molecule has 4 aromatic carbocycles. The Kier molecular flexibility index (Phi) is 18.0. The van der Waals surface area contributed by atoms with E-state index in [2.05, 4.69) is 24.6 Å². The molecule has 0 bridgehead atoms. The summed E-state index contributed by atoms with van der Waals surface area (Å²) in [6, 6.07) is 26.7. The molecule has 4 aromatic rings. The Bertz CT molecular complexity index is 2640. The van der Waals surface area contributed by atoms with E-state index in [1.807, 2.05) is 6.92 Å². The van der Waals surface area contributed by atoms with Crippen LogP contribution in [0.25, 0.3) is 0 Å². The van der Waals surface area contributed by atoms with Gasteiger partial charge in [-0.3, -0.25) is 44.1 Å². The van der Waals surface area contributed by atoms with Crippen LogP contribution >= 0.6 is 0 Å². The van der Waals surface area contributed by atoms with Gasteiger partial charge in [-0.05, 0) is 79.7 Å². The first-order valence-electron chi connectivity index (χ1n) is 22.2. The van der Waals surface area contributed by atoms with Crippen molar-refractivity contribution in [3.05, 3.63) is 119 Å². The molecule has 3 aliphatic rings. The minimum atomic E-state index is -3.64. The summed E-state index contributed by atoms with van der Waals surface area (Å²) in [5.41, 5.74) is 2.74. The van der Waals surface area contributed by atoms with Gasteiger partial charge >= 0.3 is 18.2 Å². The molecule has 0 radical (unpaired) electrons. The van der Waals surface area contributed by atoms with Crippen LogP contribution in [0.1, 0.15) is 45.2 Å². The topological polar surface area (TPSA) is 260 Å². The first-order valence-corrected chi connectivity index (χ1v) is 24.0. The Labute approximate surface area is 405 Å². The van der Waals surface area contributed by atoms with Crippen molar-refractivity contribution in [1.82, 2.24) is 20.4 Å². The standard InChI is InChI=1S/C28H35N5O6.C20H21N3O7S/c1-3-38-25(34)12-13-31-14-16-32(17-15-31)18-22-19-33(28(36)39-22)21-10-8-20(9-11-21)26(29)30-27(35)23-6-4-5-7-24(23)37-2;1-28-17-6-4-3-5-16(17)19(24)22-18(21)13-7-9-14(10-8-13)23-11-15(30-20(23)25)12-29-31(2,26)27/h4-11,22H,3,12-19H2,1-2H3,(H2,29,30,35);3-10,15H,11-12H2,1-2H3,(H2,21,22,24). The van der Waals surface area contributed by atoms with E-state index in [-0.39, 0.29) is 36.9 Å². The number of rotatable bonds is 17. The number of methoxy groups -OCH3 is 2. The number of para-hydroxylation sites is 2. The fourth-order valence-electron chi connectivity index (χ4n) is 7.60. The van der Waals surface area contributed by atoms with E-state index in [4.69, 9.17) is 34.5 Å². The Morgan fingerprint density at radius 3 is 1.57 bits per heavy atom. The summed E-state index contributed by atoms with van der Waals surface area (Å²) < 4.78 is 53.0. The van der Waals surface area contributed by atoms with Crippen molar-refractivity contribution in [3.8, 4) is 11.5 Å². The maximum atomic E-state index is 12.6. The number of cyclic esters (lactones) is 2. The molecule has 0 saturated carbocycles. The molecule has 0 aliphatic carbocycles. The normalized spacial score (nSPS) is 17.1. The Morgan fingerprint density at radius 1 is 0.671 bits per heavy atom. The Morgan fingerprint density at radius 2 is 1.11 bits per heavy atom. The van der Waals surface area contributed by atoms with Gasteiger partial charge in [0.2, 0.25) is 0 Å². The molecule has 0 spiro atoms. The lowest BCUT2D eigenvalue weighted by Gasteiger charge is -2.35. The van der Waals surface area contributed by atoms with Crippen LogP contribution in [0.2, 0.25) is 0 Å². The zero-order valence-electron chi connectivity index (χ0n) is 39.2. The van der Waals surface area contributed by atoms with Gasteiger partial charge in [-0.1, -0.05) is 24.3 Å². The zero-order valence-corrected chi connectivity index (χ0v) is 40.0. The summed E-state index contributed by atoms with van der Waals surface area (Å²) in [6.45, 7) is 7.22. The van der Waals surface area contributed by atoms with Crippen molar-refractivity contribution in [2.75, 3.05) is 95.8 Å². The van der Waals surface area contributed by atoms with E-state index in [0.717, 1.165) is 32.4 Å². The summed E-state index contributed by atoms with van der Waals surface area (Å²) in [6.07, 6.45) is -0.686. The fraction of sp³-hybridized carbons (Fsp3) is 0.354. The molecular weight excluding hydrogens is 929 g/mol. The maximum Gasteiger partial charge on any atom is 0.414 e. The van der Waals surface area contributed by atoms with Gasteiger partial charge in [0.05, 0.1) is 57.7 Å². The van der Waals surface area contributed by atoms with Gasteiger partial charge < -0.3 is 39.2 Å². The van der Waals surface area contributed by atoms with Crippen LogP contribution < -0.4 is 29.9 Å². The number of ether oxygens (including phenoxy) is 5. The van der Waals surface area contributed by atoms with Gasteiger partial charge in [0, 0.05) is 61.8 Å². The van der Waals surface area contributed by atoms with Crippen molar-refractivity contribution in [2.45, 2.75) is 25.6 Å². The van der Waals surface area contributed by atoms with Crippen molar-refractivity contribution in [2.24, 2.45) is 0 Å². The molecule has 372 valence electrons. The highest BCUT2D eigenvalue weighted by atomic mass is 32.2.